The van der Waals surface area contributed by atoms with Gasteiger partial charge in [0.05, 0.1) is 17.8 Å². The quantitative estimate of drug-likeness (QED) is 0.883. The standard InChI is InChI=1S/C16H23N5OS/c1-9(13-10(2)20-21(4)11(13)3)18-16(22)19-14(12-5-6-12)15-17-7-8-23-15/h7-9,12,14H,5-6H2,1-4H3,(H2,18,19,22)/t9-,14-/m0/s1. The molecular formula is C16H23N5OS. The van der Waals surface area contributed by atoms with Crippen molar-refractivity contribution in [1.82, 2.24) is 25.4 Å². The van der Waals surface area contributed by atoms with Crippen molar-refractivity contribution >= 4 is 17.4 Å². The summed E-state index contributed by atoms with van der Waals surface area (Å²) in [5, 5.41) is 13.5. The van der Waals surface area contributed by atoms with Crippen molar-refractivity contribution in [2.75, 3.05) is 0 Å². The summed E-state index contributed by atoms with van der Waals surface area (Å²) >= 11 is 1.60. The van der Waals surface area contributed by atoms with Crippen molar-refractivity contribution in [2.45, 2.75) is 45.7 Å². The molecule has 0 bridgehead atoms. The van der Waals surface area contributed by atoms with E-state index >= 15 is 0 Å². The zero-order valence-corrected chi connectivity index (χ0v) is 14.8. The number of hydrogen-bond donors (Lipinski definition) is 2. The molecule has 0 unspecified atom stereocenters. The number of nitrogens with one attached hydrogen (secondary N) is 2. The highest BCUT2D eigenvalue weighted by molar-refractivity contribution is 7.09. The van der Waals surface area contributed by atoms with Gasteiger partial charge in [-0.2, -0.15) is 5.10 Å². The lowest BCUT2D eigenvalue weighted by Crippen LogP contribution is -2.40. The molecule has 7 heteroatoms. The molecule has 2 atom stereocenters. The fourth-order valence-corrected chi connectivity index (χ4v) is 3.85. The summed E-state index contributed by atoms with van der Waals surface area (Å²) in [5.74, 6) is 0.518. The Labute approximate surface area is 140 Å². The third kappa shape index (κ3) is 3.39. The highest BCUT2D eigenvalue weighted by Crippen LogP contribution is 2.41. The molecule has 0 spiro atoms. The maximum atomic E-state index is 12.4. The van der Waals surface area contributed by atoms with Gasteiger partial charge in [0.15, 0.2) is 0 Å². The first-order valence-corrected chi connectivity index (χ1v) is 8.82. The molecule has 2 heterocycles. The van der Waals surface area contributed by atoms with Gasteiger partial charge >= 0.3 is 6.03 Å². The minimum Gasteiger partial charge on any atom is -0.331 e. The van der Waals surface area contributed by atoms with Crippen LogP contribution in [0.2, 0.25) is 0 Å². The molecule has 1 aliphatic rings. The van der Waals surface area contributed by atoms with Crippen molar-refractivity contribution < 1.29 is 4.79 Å². The van der Waals surface area contributed by atoms with Gasteiger partial charge in [0.1, 0.15) is 5.01 Å². The number of carbonyl (C=O) groups is 1. The minimum absolute atomic E-state index is 0.0262. The SMILES string of the molecule is Cc1nn(C)c(C)c1[C@H](C)NC(=O)N[C@H](c1nccs1)C1CC1. The van der Waals surface area contributed by atoms with Gasteiger partial charge in [-0.3, -0.25) is 4.68 Å². The normalized spacial score (nSPS) is 16.9. The smallest absolute Gasteiger partial charge is 0.315 e. The lowest BCUT2D eigenvalue weighted by atomic mass is 10.1. The third-order valence-corrected chi connectivity index (χ3v) is 5.30. The van der Waals surface area contributed by atoms with E-state index in [0.29, 0.717) is 5.92 Å². The van der Waals surface area contributed by atoms with E-state index in [4.69, 9.17) is 0 Å². The Morgan fingerprint density at radius 2 is 2.13 bits per heavy atom. The fraction of sp³-hybridized carbons (Fsp3) is 0.562. The number of urea groups is 1. The molecule has 1 fully saturated rings. The highest BCUT2D eigenvalue weighted by atomic mass is 32.1. The van der Waals surface area contributed by atoms with Crippen LogP contribution in [0.5, 0.6) is 0 Å². The Balaban J connectivity index is 1.66. The van der Waals surface area contributed by atoms with E-state index in [1.807, 2.05) is 37.9 Å². The lowest BCUT2D eigenvalue weighted by molar-refractivity contribution is 0.232. The summed E-state index contributed by atoms with van der Waals surface area (Å²) in [6, 6.07) is -0.203. The Morgan fingerprint density at radius 3 is 2.65 bits per heavy atom. The van der Waals surface area contributed by atoms with Gasteiger partial charge in [-0.15, -0.1) is 11.3 Å². The van der Waals surface area contributed by atoms with Crippen LogP contribution in [-0.4, -0.2) is 20.8 Å². The summed E-state index contributed by atoms with van der Waals surface area (Å²) in [6.45, 7) is 5.99. The summed E-state index contributed by atoms with van der Waals surface area (Å²) in [5.41, 5.74) is 3.12. The van der Waals surface area contributed by atoms with Crippen LogP contribution in [0, 0.1) is 19.8 Å². The van der Waals surface area contributed by atoms with Gasteiger partial charge < -0.3 is 10.6 Å². The minimum atomic E-state index is -0.146. The summed E-state index contributed by atoms with van der Waals surface area (Å²) in [6.07, 6.45) is 4.10. The van der Waals surface area contributed by atoms with Crippen LogP contribution < -0.4 is 10.6 Å². The number of nitrogens with zero attached hydrogens (tertiary/aromatic N) is 3. The molecule has 3 rings (SSSR count). The molecule has 6 nitrogen and oxygen atoms in total. The maximum Gasteiger partial charge on any atom is 0.315 e. The molecule has 2 amide bonds. The van der Waals surface area contributed by atoms with Crippen LogP contribution in [0.25, 0.3) is 0 Å². The van der Waals surface area contributed by atoms with E-state index < -0.39 is 0 Å². The van der Waals surface area contributed by atoms with Crippen molar-refractivity contribution in [3.63, 3.8) is 0 Å². The Bertz CT molecular complexity index is 690. The van der Waals surface area contributed by atoms with Crippen LogP contribution in [0.4, 0.5) is 4.79 Å². The largest absolute Gasteiger partial charge is 0.331 e. The van der Waals surface area contributed by atoms with Crippen molar-refractivity contribution in [2.24, 2.45) is 13.0 Å². The predicted octanol–water partition coefficient (Wildman–Crippen LogP) is 3.00. The summed E-state index contributed by atoms with van der Waals surface area (Å²) in [4.78, 5) is 16.8. The van der Waals surface area contributed by atoms with Gasteiger partial charge in [0, 0.05) is 29.9 Å². The number of amides is 2. The van der Waals surface area contributed by atoms with E-state index in [9.17, 15) is 4.79 Å². The number of aryl methyl sites for hydroxylation is 2. The zero-order valence-electron chi connectivity index (χ0n) is 14.0. The zero-order chi connectivity index (χ0) is 16.6. The maximum absolute atomic E-state index is 12.4. The molecule has 0 radical (unpaired) electrons. The van der Waals surface area contributed by atoms with E-state index in [1.165, 1.54) is 0 Å². The molecule has 0 aliphatic heterocycles. The van der Waals surface area contributed by atoms with Gasteiger partial charge in [0.25, 0.3) is 0 Å². The van der Waals surface area contributed by atoms with Gasteiger partial charge in [-0.1, -0.05) is 0 Å². The second kappa shape index (κ2) is 6.31. The summed E-state index contributed by atoms with van der Waals surface area (Å²) in [7, 11) is 1.92. The molecule has 23 heavy (non-hydrogen) atoms. The van der Waals surface area contributed by atoms with Gasteiger partial charge in [-0.05, 0) is 39.5 Å². The Morgan fingerprint density at radius 1 is 1.39 bits per heavy atom. The average molecular weight is 333 g/mol. The number of rotatable bonds is 5. The number of hydrogen-bond acceptors (Lipinski definition) is 4. The second-order valence-corrected chi connectivity index (χ2v) is 7.16. The van der Waals surface area contributed by atoms with Crippen LogP contribution >= 0.6 is 11.3 Å². The van der Waals surface area contributed by atoms with E-state index in [0.717, 1.165) is 34.8 Å². The van der Waals surface area contributed by atoms with Crippen LogP contribution in [-0.2, 0) is 7.05 Å². The topological polar surface area (TPSA) is 71.8 Å². The fourth-order valence-electron chi connectivity index (χ4n) is 3.07. The highest BCUT2D eigenvalue weighted by Gasteiger charge is 2.35. The third-order valence-electron chi connectivity index (χ3n) is 4.44. The van der Waals surface area contributed by atoms with Gasteiger partial charge in [0.2, 0.25) is 0 Å². The van der Waals surface area contributed by atoms with Crippen LogP contribution in [0.3, 0.4) is 0 Å². The molecule has 2 N–H and O–H groups in total. The molecule has 1 saturated carbocycles. The van der Waals surface area contributed by atoms with Crippen molar-refractivity contribution in [3.05, 3.63) is 33.5 Å². The van der Waals surface area contributed by atoms with Gasteiger partial charge in [-0.25, -0.2) is 9.78 Å². The molecule has 0 saturated heterocycles. The van der Waals surface area contributed by atoms with Crippen molar-refractivity contribution in [3.8, 4) is 0 Å². The summed E-state index contributed by atoms with van der Waals surface area (Å²) < 4.78 is 1.85. The first kappa shape index (κ1) is 16.0. The van der Waals surface area contributed by atoms with E-state index in [1.54, 1.807) is 17.5 Å². The molecule has 124 valence electrons. The number of carbonyl (C=O) groups excluding carboxylic acids is 1. The average Bonchev–Trinajstić information content (AvgIpc) is 3.11. The lowest BCUT2D eigenvalue weighted by Gasteiger charge is -2.20. The predicted molar refractivity (Wildman–Crippen MR) is 90.3 cm³/mol. The van der Waals surface area contributed by atoms with Crippen LogP contribution in [0.15, 0.2) is 11.6 Å². The molecular weight excluding hydrogens is 310 g/mol. The molecule has 0 aromatic carbocycles. The monoisotopic (exact) mass is 333 g/mol. The first-order valence-electron chi connectivity index (χ1n) is 7.94. The van der Waals surface area contributed by atoms with E-state index in [2.05, 4.69) is 20.7 Å². The molecule has 2 aromatic rings. The Hall–Kier alpha value is -1.89. The number of thiazole rings is 1. The number of aromatic nitrogens is 3. The second-order valence-electron chi connectivity index (χ2n) is 6.23. The molecule has 2 aromatic heterocycles. The Kier molecular flexibility index (Phi) is 4.39. The first-order chi connectivity index (χ1) is 11.0. The van der Waals surface area contributed by atoms with E-state index in [-0.39, 0.29) is 18.1 Å². The van der Waals surface area contributed by atoms with Crippen molar-refractivity contribution in [1.29, 1.82) is 0 Å². The molecule has 1 aliphatic carbocycles. The van der Waals surface area contributed by atoms with Crippen LogP contribution in [0.1, 0.15) is 53.8 Å².